The van der Waals surface area contributed by atoms with E-state index in [0.717, 1.165) is 11.4 Å². The van der Waals surface area contributed by atoms with Gasteiger partial charge in [0.15, 0.2) is 0 Å². The van der Waals surface area contributed by atoms with Crippen LogP contribution in [0.25, 0.3) is 5.32 Å². The van der Waals surface area contributed by atoms with E-state index in [2.05, 4.69) is 50.9 Å². The molecule has 0 unspecified atom stereocenters. The Balaban J connectivity index is 0.000000385. The maximum Gasteiger partial charge on any atom is 0.0209 e. The van der Waals surface area contributed by atoms with Gasteiger partial charge in [-0.3, -0.25) is 0 Å². The molecule has 0 atom stereocenters. The maximum atomic E-state index is 4.15. The molecular formula is C19H28CoN2-2. The molecule has 2 nitrogen and oxygen atoms in total. The molecule has 0 heterocycles. The van der Waals surface area contributed by atoms with E-state index in [-0.39, 0.29) is 16.8 Å². The molecule has 0 aliphatic rings. The van der Waals surface area contributed by atoms with Gasteiger partial charge in [-0.05, 0) is 6.07 Å². The summed E-state index contributed by atoms with van der Waals surface area (Å²) in [7, 11) is 5.84. The Bertz CT molecular complexity index is 517. The number of hydrogen-bond acceptors (Lipinski definition) is 1. The van der Waals surface area contributed by atoms with E-state index in [1.165, 1.54) is 27.8 Å². The monoisotopic (exact) mass is 343 g/mol. The van der Waals surface area contributed by atoms with Crippen molar-refractivity contribution in [1.82, 2.24) is 0 Å². The van der Waals surface area contributed by atoms with Crippen molar-refractivity contribution in [3.8, 4) is 0 Å². The molecule has 22 heavy (non-hydrogen) atoms. The molecule has 0 aliphatic carbocycles. The van der Waals surface area contributed by atoms with Crippen LogP contribution in [0.1, 0.15) is 27.8 Å². The van der Waals surface area contributed by atoms with Crippen LogP contribution in [0.3, 0.4) is 0 Å². The van der Waals surface area contributed by atoms with E-state index in [9.17, 15) is 0 Å². The number of benzene rings is 1. The smallest absolute Gasteiger partial charge is 0.0209 e. The first-order valence-corrected chi connectivity index (χ1v) is 7.37. The molecule has 0 bridgehead atoms. The van der Waals surface area contributed by atoms with Gasteiger partial charge in [-0.25, -0.2) is 0 Å². The van der Waals surface area contributed by atoms with Crippen molar-refractivity contribution in [1.29, 1.82) is 0 Å². The first-order chi connectivity index (χ1) is 9.81. The van der Waals surface area contributed by atoms with Crippen LogP contribution >= 0.6 is 0 Å². The van der Waals surface area contributed by atoms with Gasteiger partial charge in [0.05, 0.1) is 0 Å². The van der Waals surface area contributed by atoms with Gasteiger partial charge in [0.2, 0.25) is 0 Å². The molecule has 0 saturated carbocycles. The summed E-state index contributed by atoms with van der Waals surface area (Å²) < 4.78 is 0. The number of rotatable bonds is 2. The van der Waals surface area contributed by atoms with Crippen LogP contribution < -0.4 is 4.90 Å². The number of para-hydroxylation sites is 2. The van der Waals surface area contributed by atoms with Crippen LogP contribution in [0.15, 0.2) is 24.3 Å². The molecule has 2 aromatic carbocycles. The van der Waals surface area contributed by atoms with E-state index >= 15 is 0 Å². The van der Waals surface area contributed by atoms with E-state index in [4.69, 9.17) is 0 Å². The number of hydrogen-bond donors (Lipinski definition) is 0. The number of nitrogens with zero attached hydrogens (tertiary/aromatic N) is 2. The SMILES string of the molecule is C[N-]c1ccccc1N(C)C.Cc1c(C)c(C)[c-](C)c1C.[Co]. The van der Waals surface area contributed by atoms with Crippen LogP contribution in [-0.2, 0) is 16.8 Å². The van der Waals surface area contributed by atoms with E-state index in [0.29, 0.717) is 0 Å². The van der Waals surface area contributed by atoms with Gasteiger partial charge in [-0.15, -0.1) is 12.7 Å². The Morgan fingerprint density at radius 1 is 0.909 bits per heavy atom. The predicted octanol–water partition coefficient (Wildman–Crippen LogP) is 5.33. The summed E-state index contributed by atoms with van der Waals surface area (Å²) in [6.07, 6.45) is 0. The number of anilines is 1. The fourth-order valence-electron chi connectivity index (χ4n) is 2.44. The first-order valence-electron chi connectivity index (χ1n) is 7.37. The minimum Gasteiger partial charge on any atom is -0.685 e. The standard InChI is InChI=1S/C10H15.C9H13N2.Co/c1-6-7(2)9(4)10(5)8(6)3;1-10-8-6-4-5-7-9(8)11(2)3;/h1-5H3;4-7H,1-3H3;/q2*-1;. The van der Waals surface area contributed by atoms with E-state index in [1.807, 2.05) is 39.3 Å². The minimum atomic E-state index is 0. The summed E-state index contributed by atoms with van der Waals surface area (Å²) in [5, 5.41) is 4.15. The van der Waals surface area contributed by atoms with Crippen LogP contribution in [0.2, 0.25) is 0 Å². The molecule has 0 fully saturated rings. The Kier molecular flexibility index (Phi) is 8.42. The normalized spacial score (nSPS) is 9.45. The predicted molar refractivity (Wildman–Crippen MR) is 95.4 cm³/mol. The van der Waals surface area contributed by atoms with Crippen molar-refractivity contribution in [2.45, 2.75) is 34.6 Å². The molecular weight excluding hydrogens is 315 g/mol. The zero-order valence-corrected chi connectivity index (χ0v) is 16.1. The van der Waals surface area contributed by atoms with Crippen molar-refractivity contribution < 1.29 is 16.8 Å². The Hall–Kier alpha value is -1.32. The second kappa shape index (κ2) is 8.96. The van der Waals surface area contributed by atoms with E-state index < -0.39 is 0 Å². The largest absolute Gasteiger partial charge is 0.685 e. The topological polar surface area (TPSA) is 17.3 Å². The molecule has 0 saturated heterocycles. The fourth-order valence-corrected chi connectivity index (χ4v) is 2.44. The van der Waals surface area contributed by atoms with Crippen molar-refractivity contribution in [2.24, 2.45) is 0 Å². The van der Waals surface area contributed by atoms with Gasteiger partial charge in [0.1, 0.15) is 0 Å². The van der Waals surface area contributed by atoms with Gasteiger partial charge in [-0.1, -0.05) is 52.8 Å². The molecule has 1 radical (unpaired) electrons. The van der Waals surface area contributed by atoms with Gasteiger partial charge in [-0.2, -0.15) is 27.8 Å². The van der Waals surface area contributed by atoms with E-state index in [1.54, 1.807) is 0 Å². The summed E-state index contributed by atoms with van der Waals surface area (Å²) >= 11 is 0. The molecule has 0 amide bonds. The third-order valence-electron chi connectivity index (χ3n) is 4.42. The van der Waals surface area contributed by atoms with Gasteiger partial charge in [0, 0.05) is 36.6 Å². The Morgan fingerprint density at radius 2 is 1.36 bits per heavy atom. The summed E-state index contributed by atoms with van der Waals surface area (Å²) in [6.45, 7) is 11.0. The van der Waals surface area contributed by atoms with Crippen molar-refractivity contribution >= 4 is 11.4 Å². The zero-order valence-electron chi connectivity index (χ0n) is 15.0. The summed E-state index contributed by atoms with van der Waals surface area (Å²) in [5.74, 6) is 0. The van der Waals surface area contributed by atoms with Crippen LogP contribution in [0.4, 0.5) is 11.4 Å². The third kappa shape index (κ3) is 4.58. The Morgan fingerprint density at radius 3 is 1.64 bits per heavy atom. The molecule has 2 aromatic rings. The molecule has 0 aliphatic heterocycles. The van der Waals surface area contributed by atoms with Crippen LogP contribution in [-0.4, -0.2) is 21.1 Å². The third-order valence-corrected chi connectivity index (χ3v) is 4.42. The first kappa shape index (κ1) is 20.7. The van der Waals surface area contributed by atoms with Gasteiger partial charge >= 0.3 is 0 Å². The quantitative estimate of drug-likeness (QED) is 0.674. The molecule has 0 spiro atoms. The van der Waals surface area contributed by atoms with Crippen molar-refractivity contribution in [3.63, 3.8) is 0 Å². The van der Waals surface area contributed by atoms with Gasteiger partial charge < -0.3 is 10.2 Å². The second-order valence-corrected chi connectivity index (χ2v) is 5.73. The molecule has 125 valence electrons. The molecule has 3 heteroatoms. The average molecular weight is 343 g/mol. The Labute approximate surface area is 146 Å². The second-order valence-electron chi connectivity index (χ2n) is 5.73. The maximum absolute atomic E-state index is 4.15. The zero-order chi connectivity index (χ0) is 16.2. The van der Waals surface area contributed by atoms with Gasteiger partial charge in [0.25, 0.3) is 0 Å². The van der Waals surface area contributed by atoms with Crippen molar-refractivity contribution in [2.75, 3.05) is 26.0 Å². The van der Waals surface area contributed by atoms with Crippen LogP contribution in [0, 0.1) is 34.6 Å². The molecule has 0 aromatic heterocycles. The summed E-state index contributed by atoms with van der Waals surface area (Å²) in [4.78, 5) is 2.06. The molecule has 0 N–H and O–H groups in total. The fraction of sp³-hybridized carbons (Fsp3) is 0.421. The summed E-state index contributed by atoms with van der Waals surface area (Å²) in [5.41, 5.74) is 9.54. The summed E-state index contributed by atoms with van der Waals surface area (Å²) in [6, 6.07) is 8.08. The average Bonchev–Trinajstić information content (AvgIpc) is 2.66. The molecule has 2 rings (SSSR count). The van der Waals surface area contributed by atoms with Crippen molar-refractivity contribution in [3.05, 3.63) is 57.4 Å². The minimum absolute atomic E-state index is 0. The van der Waals surface area contributed by atoms with Crippen LogP contribution in [0.5, 0.6) is 0 Å².